The third-order valence-electron chi connectivity index (χ3n) is 4.58. The molecule has 0 radical (unpaired) electrons. The van der Waals surface area contributed by atoms with Crippen LogP contribution in [0.3, 0.4) is 0 Å². The summed E-state index contributed by atoms with van der Waals surface area (Å²) in [7, 11) is 0. The molecule has 1 amide bonds. The third kappa shape index (κ3) is 1.88. The molecule has 0 bridgehead atoms. The molecule has 1 saturated heterocycles. The summed E-state index contributed by atoms with van der Waals surface area (Å²) >= 11 is 1.62. The van der Waals surface area contributed by atoms with Gasteiger partial charge in [0.1, 0.15) is 0 Å². The van der Waals surface area contributed by atoms with Gasteiger partial charge in [-0.05, 0) is 50.2 Å². The average Bonchev–Trinajstić information content (AvgIpc) is 2.98. The molecule has 4 heteroatoms. The fourth-order valence-electron chi connectivity index (χ4n) is 3.31. The molecule has 0 aromatic carbocycles. The van der Waals surface area contributed by atoms with Gasteiger partial charge in [-0.1, -0.05) is 0 Å². The fraction of sp³-hybridized carbons (Fsp3) is 0.643. The van der Waals surface area contributed by atoms with Crippen molar-refractivity contribution in [2.45, 2.75) is 32.7 Å². The van der Waals surface area contributed by atoms with Crippen LogP contribution < -0.4 is 5.73 Å². The van der Waals surface area contributed by atoms with E-state index in [1.165, 1.54) is 16.9 Å². The van der Waals surface area contributed by atoms with Gasteiger partial charge in [-0.3, -0.25) is 4.79 Å². The minimum atomic E-state index is 0.206. The molecule has 2 aliphatic rings. The van der Waals surface area contributed by atoms with Gasteiger partial charge in [0.05, 0.1) is 4.88 Å². The lowest BCUT2D eigenvalue weighted by atomic mass is 9.98. The van der Waals surface area contributed by atoms with Crippen LogP contribution in [0, 0.1) is 25.7 Å². The monoisotopic (exact) mass is 264 g/mol. The number of carbonyl (C=O) groups is 1. The molecular weight excluding hydrogens is 244 g/mol. The molecule has 1 aliphatic heterocycles. The van der Waals surface area contributed by atoms with Crippen LogP contribution in [0.4, 0.5) is 0 Å². The van der Waals surface area contributed by atoms with Crippen molar-refractivity contribution < 1.29 is 4.79 Å². The maximum Gasteiger partial charge on any atom is 0.263 e. The van der Waals surface area contributed by atoms with E-state index < -0.39 is 0 Å². The molecule has 98 valence electrons. The number of hydrogen-bond acceptors (Lipinski definition) is 3. The highest BCUT2D eigenvalue weighted by atomic mass is 32.1. The van der Waals surface area contributed by atoms with Gasteiger partial charge in [0.25, 0.3) is 5.91 Å². The number of likely N-dealkylation sites (tertiary alicyclic amines) is 1. The van der Waals surface area contributed by atoms with Crippen molar-refractivity contribution in [3.05, 3.63) is 21.4 Å². The molecule has 1 aromatic rings. The second kappa shape index (κ2) is 4.35. The molecular formula is C14H20N2OS. The number of fused-ring (bicyclic) bond motifs is 1. The first-order valence-electron chi connectivity index (χ1n) is 6.68. The molecule has 18 heavy (non-hydrogen) atoms. The van der Waals surface area contributed by atoms with E-state index in [1.54, 1.807) is 11.3 Å². The number of thiophene rings is 1. The minimum absolute atomic E-state index is 0.206. The maximum atomic E-state index is 12.4. The van der Waals surface area contributed by atoms with E-state index in [0.717, 1.165) is 24.4 Å². The molecule has 2 fully saturated rings. The van der Waals surface area contributed by atoms with Gasteiger partial charge >= 0.3 is 0 Å². The molecule has 1 saturated carbocycles. The Morgan fingerprint density at radius 2 is 2.17 bits per heavy atom. The molecule has 2 N–H and O–H groups in total. The molecule has 1 aliphatic carbocycles. The van der Waals surface area contributed by atoms with E-state index in [0.29, 0.717) is 17.9 Å². The zero-order valence-electron chi connectivity index (χ0n) is 11.0. The molecule has 3 nitrogen and oxygen atoms in total. The summed E-state index contributed by atoms with van der Waals surface area (Å²) in [6, 6.07) is 2.33. The summed E-state index contributed by atoms with van der Waals surface area (Å²) in [6.07, 6.45) is 2.33. The molecule has 2 heterocycles. The van der Waals surface area contributed by atoms with Crippen LogP contribution in [0.25, 0.3) is 0 Å². The first-order valence-corrected chi connectivity index (χ1v) is 7.50. The lowest BCUT2D eigenvalue weighted by Crippen LogP contribution is -2.33. The summed E-state index contributed by atoms with van der Waals surface area (Å²) in [5.41, 5.74) is 7.34. The van der Waals surface area contributed by atoms with Gasteiger partial charge < -0.3 is 10.6 Å². The number of aryl methyl sites for hydroxylation is 2. The highest BCUT2D eigenvalue weighted by Crippen LogP contribution is 2.38. The first kappa shape index (κ1) is 12.2. The zero-order valence-corrected chi connectivity index (χ0v) is 11.8. The maximum absolute atomic E-state index is 12.4. The Balaban J connectivity index is 1.75. The van der Waals surface area contributed by atoms with Gasteiger partial charge in [0, 0.05) is 24.0 Å². The van der Waals surface area contributed by atoms with Crippen LogP contribution in [0.15, 0.2) is 6.07 Å². The topological polar surface area (TPSA) is 46.3 Å². The van der Waals surface area contributed by atoms with E-state index >= 15 is 0 Å². The Morgan fingerprint density at radius 3 is 2.78 bits per heavy atom. The van der Waals surface area contributed by atoms with Crippen LogP contribution in [0.2, 0.25) is 0 Å². The lowest BCUT2D eigenvalue weighted by molar-refractivity contribution is 0.0784. The van der Waals surface area contributed by atoms with E-state index in [9.17, 15) is 4.79 Å². The first-order chi connectivity index (χ1) is 8.56. The third-order valence-corrected chi connectivity index (χ3v) is 5.72. The lowest BCUT2D eigenvalue weighted by Gasteiger charge is -2.17. The van der Waals surface area contributed by atoms with Crippen molar-refractivity contribution in [1.82, 2.24) is 4.90 Å². The Hall–Kier alpha value is -0.870. The second-order valence-corrected chi connectivity index (χ2v) is 6.98. The molecule has 3 atom stereocenters. The molecule has 3 unspecified atom stereocenters. The Kier molecular flexibility index (Phi) is 2.94. The highest BCUT2D eigenvalue weighted by molar-refractivity contribution is 7.14. The van der Waals surface area contributed by atoms with Crippen molar-refractivity contribution >= 4 is 17.2 Å². The summed E-state index contributed by atoms with van der Waals surface area (Å²) in [6.45, 7) is 5.91. The summed E-state index contributed by atoms with van der Waals surface area (Å²) in [5, 5.41) is 0. The summed E-state index contributed by atoms with van der Waals surface area (Å²) in [5.74, 6) is 1.39. The largest absolute Gasteiger partial charge is 0.337 e. The SMILES string of the molecule is Cc1cc(C(=O)N2CC3CCC(N)C3C2)sc1C. The fourth-order valence-corrected chi connectivity index (χ4v) is 4.31. The van der Waals surface area contributed by atoms with E-state index in [1.807, 2.05) is 11.0 Å². The number of rotatable bonds is 1. The van der Waals surface area contributed by atoms with Gasteiger partial charge in [0.15, 0.2) is 0 Å². The predicted molar refractivity (Wildman–Crippen MR) is 73.9 cm³/mol. The van der Waals surface area contributed by atoms with E-state index in [-0.39, 0.29) is 5.91 Å². The Morgan fingerprint density at radius 1 is 1.39 bits per heavy atom. The van der Waals surface area contributed by atoms with E-state index in [2.05, 4.69) is 13.8 Å². The number of nitrogens with two attached hydrogens (primary N) is 1. The van der Waals surface area contributed by atoms with Crippen LogP contribution >= 0.6 is 11.3 Å². The van der Waals surface area contributed by atoms with Crippen molar-refractivity contribution in [1.29, 1.82) is 0 Å². The number of hydrogen-bond donors (Lipinski definition) is 1. The van der Waals surface area contributed by atoms with E-state index in [4.69, 9.17) is 5.73 Å². The Bertz CT molecular complexity index is 463. The smallest absolute Gasteiger partial charge is 0.263 e. The average molecular weight is 264 g/mol. The second-order valence-electron chi connectivity index (χ2n) is 5.73. The summed E-state index contributed by atoms with van der Waals surface area (Å²) < 4.78 is 0. The van der Waals surface area contributed by atoms with Crippen LogP contribution in [0.5, 0.6) is 0 Å². The van der Waals surface area contributed by atoms with Gasteiger partial charge in [-0.15, -0.1) is 11.3 Å². The Labute approximate surface area is 112 Å². The number of amides is 1. The van der Waals surface area contributed by atoms with Crippen molar-refractivity contribution in [2.75, 3.05) is 13.1 Å². The number of carbonyl (C=O) groups excluding carboxylic acids is 1. The molecule has 3 rings (SSSR count). The minimum Gasteiger partial charge on any atom is -0.337 e. The zero-order chi connectivity index (χ0) is 12.9. The van der Waals surface area contributed by atoms with Crippen molar-refractivity contribution in [3.8, 4) is 0 Å². The van der Waals surface area contributed by atoms with Gasteiger partial charge in [0.2, 0.25) is 0 Å². The highest BCUT2D eigenvalue weighted by Gasteiger charge is 2.42. The van der Waals surface area contributed by atoms with Crippen LogP contribution in [-0.2, 0) is 0 Å². The molecule has 1 aromatic heterocycles. The van der Waals surface area contributed by atoms with Gasteiger partial charge in [-0.25, -0.2) is 0 Å². The quantitative estimate of drug-likeness (QED) is 0.845. The normalized spacial score (nSPS) is 30.8. The summed E-state index contributed by atoms with van der Waals surface area (Å²) in [4.78, 5) is 16.6. The predicted octanol–water partition coefficient (Wildman–Crippen LogP) is 2.17. The number of nitrogens with zero attached hydrogens (tertiary/aromatic N) is 1. The van der Waals surface area contributed by atoms with Gasteiger partial charge in [-0.2, -0.15) is 0 Å². The van der Waals surface area contributed by atoms with Crippen LogP contribution in [0.1, 0.15) is 33.0 Å². The molecule has 0 spiro atoms. The standard InChI is InChI=1S/C14H20N2OS/c1-8-5-13(18-9(8)2)14(17)16-6-10-3-4-12(15)11(10)7-16/h5,10-12H,3-4,6-7,15H2,1-2H3. The van der Waals surface area contributed by atoms with Crippen LogP contribution in [-0.4, -0.2) is 29.9 Å². The van der Waals surface area contributed by atoms with Crippen molar-refractivity contribution in [3.63, 3.8) is 0 Å². The van der Waals surface area contributed by atoms with Crippen molar-refractivity contribution in [2.24, 2.45) is 17.6 Å².